The topological polar surface area (TPSA) is 89.6 Å². The molecule has 8 heteroatoms. The minimum absolute atomic E-state index is 0.0546. The van der Waals surface area contributed by atoms with Crippen LogP contribution in [0.1, 0.15) is 35.9 Å². The minimum atomic E-state index is -1.02. The van der Waals surface area contributed by atoms with E-state index in [-0.39, 0.29) is 17.4 Å². The highest BCUT2D eigenvalue weighted by atomic mass is 19.1. The van der Waals surface area contributed by atoms with E-state index in [4.69, 9.17) is 9.47 Å². The van der Waals surface area contributed by atoms with Gasteiger partial charge in [-0.15, -0.1) is 0 Å². The molecular formula is C23H22FN3O4. The molecule has 0 unspecified atom stereocenters. The van der Waals surface area contributed by atoms with Crippen LogP contribution in [0.2, 0.25) is 0 Å². The van der Waals surface area contributed by atoms with Crippen LogP contribution in [0.4, 0.5) is 4.39 Å². The Morgan fingerprint density at radius 2 is 1.61 bits per heavy atom. The number of aromatic nitrogens is 1. The maximum atomic E-state index is 13.6. The van der Waals surface area contributed by atoms with Crippen molar-refractivity contribution in [2.24, 2.45) is 0 Å². The van der Waals surface area contributed by atoms with E-state index in [1.54, 1.807) is 12.1 Å². The van der Waals surface area contributed by atoms with Crippen LogP contribution in [0.15, 0.2) is 72.9 Å². The fourth-order valence-corrected chi connectivity index (χ4v) is 2.63. The van der Waals surface area contributed by atoms with Crippen LogP contribution in [-0.2, 0) is 4.79 Å². The monoisotopic (exact) mass is 423 g/mol. The first-order valence-corrected chi connectivity index (χ1v) is 9.63. The van der Waals surface area contributed by atoms with Gasteiger partial charge in [0.05, 0.1) is 5.56 Å². The Balaban J connectivity index is 1.50. The van der Waals surface area contributed by atoms with Crippen LogP contribution in [0.25, 0.3) is 0 Å². The number of ether oxygens (including phenoxy) is 2. The van der Waals surface area contributed by atoms with Gasteiger partial charge in [0.15, 0.2) is 17.7 Å². The number of benzene rings is 2. The van der Waals surface area contributed by atoms with Crippen LogP contribution in [0.3, 0.4) is 0 Å². The predicted octanol–water partition coefficient (Wildman–Crippen LogP) is 3.59. The van der Waals surface area contributed by atoms with Crippen LogP contribution >= 0.6 is 0 Å². The van der Waals surface area contributed by atoms with E-state index in [9.17, 15) is 14.0 Å². The van der Waals surface area contributed by atoms with E-state index < -0.39 is 23.7 Å². The van der Waals surface area contributed by atoms with Crippen molar-refractivity contribution in [1.82, 2.24) is 15.8 Å². The molecule has 0 saturated carbocycles. The molecule has 31 heavy (non-hydrogen) atoms. The standard InChI is InChI=1S/C23H22FN3O4/c1-15(17-8-4-3-5-9-17)31-21-13-12-18(14-25-21)23(29)27-26-22(28)16(2)30-20-11-7-6-10-19(20)24/h3-16H,1-2H3,(H,26,28)(H,27,29)/t15-,16-/m1/s1. The van der Waals surface area contributed by atoms with Gasteiger partial charge in [0.1, 0.15) is 6.10 Å². The molecule has 1 aromatic heterocycles. The van der Waals surface area contributed by atoms with Crippen molar-refractivity contribution in [2.45, 2.75) is 26.1 Å². The second kappa shape index (κ2) is 10.2. The van der Waals surface area contributed by atoms with E-state index in [1.807, 2.05) is 37.3 Å². The highest BCUT2D eigenvalue weighted by Crippen LogP contribution is 2.20. The zero-order valence-corrected chi connectivity index (χ0v) is 17.0. The summed E-state index contributed by atoms with van der Waals surface area (Å²) in [5.74, 6) is -1.48. The fourth-order valence-electron chi connectivity index (χ4n) is 2.63. The molecule has 0 bridgehead atoms. The second-order valence-corrected chi connectivity index (χ2v) is 6.69. The van der Waals surface area contributed by atoms with Crippen molar-refractivity contribution >= 4 is 11.8 Å². The summed E-state index contributed by atoms with van der Waals surface area (Å²) in [5.41, 5.74) is 5.74. The number of rotatable bonds is 7. The fraction of sp³-hybridized carbons (Fsp3) is 0.174. The molecule has 0 spiro atoms. The number of hydrogen-bond donors (Lipinski definition) is 2. The summed E-state index contributed by atoms with van der Waals surface area (Å²) in [6, 6.07) is 18.5. The van der Waals surface area contributed by atoms with Gasteiger partial charge >= 0.3 is 0 Å². The molecule has 2 atom stereocenters. The van der Waals surface area contributed by atoms with Crippen molar-refractivity contribution in [3.63, 3.8) is 0 Å². The number of pyridine rings is 1. The molecule has 0 aliphatic rings. The van der Waals surface area contributed by atoms with Crippen molar-refractivity contribution in [2.75, 3.05) is 0 Å². The summed E-state index contributed by atoms with van der Waals surface area (Å²) in [7, 11) is 0. The maximum Gasteiger partial charge on any atom is 0.279 e. The molecule has 0 saturated heterocycles. The molecule has 0 fully saturated rings. The molecule has 2 N–H and O–H groups in total. The van der Waals surface area contributed by atoms with Crippen LogP contribution < -0.4 is 20.3 Å². The Hall–Kier alpha value is -3.94. The molecule has 160 valence electrons. The SMILES string of the molecule is C[C@@H](Oc1ccccc1F)C(=O)NNC(=O)c1ccc(O[C@H](C)c2ccccc2)nc1. The number of nitrogens with one attached hydrogen (secondary N) is 2. The lowest BCUT2D eigenvalue weighted by Gasteiger charge is -2.16. The lowest BCUT2D eigenvalue weighted by Crippen LogP contribution is -2.47. The van der Waals surface area contributed by atoms with E-state index >= 15 is 0 Å². The van der Waals surface area contributed by atoms with Crippen LogP contribution in [-0.4, -0.2) is 22.9 Å². The average Bonchev–Trinajstić information content (AvgIpc) is 2.79. The van der Waals surface area contributed by atoms with Gasteiger partial charge in [0, 0.05) is 12.3 Å². The van der Waals surface area contributed by atoms with Crippen molar-refractivity contribution in [3.05, 3.63) is 89.9 Å². The first-order valence-electron chi connectivity index (χ1n) is 9.63. The Labute approximate surface area is 179 Å². The highest BCUT2D eigenvalue weighted by Gasteiger charge is 2.17. The molecule has 2 aromatic carbocycles. The van der Waals surface area contributed by atoms with Crippen LogP contribution in [0, 0.1) is 5.82 Å². The Bertz CT molecular complexity index is 1030. The van der Waals surface area contributed by atoms with Gasteiger partial charge in [-0.1, -0.05) is 42.5 Å². The predicted molar refractivity (Wildman–Crippen MR) is 112 cm³/mol. The summed E-state index contributed by atoms with van der Waals surface area (Å²) in [6.07, 6.45) is 0.113. The lowest BCUT2D eigenvalue weighted by molar-refractivity contribution is -0.128. The summed E-state index contributed by atoms with van der Waals surface area (Å²) in [5, 5.41) is 0. The van der Waals surface area contributed by atoms with Gasteiger partial charge in [-0.3, -0.25) is 20.4 Å². The first-order chi connectivity index (χ1) is 14.9. The number of nitrogens with zero attached hydrogens (tertiary/aromatic N) is 1. The zero-order chi connectivity index (χ0) is 22.2. The Morgan fingerprint density at radius 1 is 0.903 bits per heavy atom. The number of para-hydroxylation sites is 1. The minimum Gasteiger partial charge on any atom is -0.478 e. The lowest BCUT2D eigenvalue weighted by atomic mass is 10.1. The molecule has 0 aliphatic carbocycles. The molecule has 0 radical (unpaired) electrons. The summed E-state index contributed by atoms with van der Waals surface area (Å²) in [6.45, 7) is 3.34. The summed E-state index contributed by atoms with van der Waals surface area (Å²) < 4.78 is 24.7. The number of carbonyl (C=O) groups is 2. The molecule has 3 rings (SSSR count). The van der Waals surface area contributed by atoms with Gasteiger partial charge in [-0.25, -0.2) is 9.37 Å². The van der Waals surface area contributed by atoms with Gasteiger partial charge in [-0.05, 0) is 37.6 Å². The number of amides is 2. The van der Waals surface area contributed by atoms with Gasteiger partial charge in [-0.2, -0.15) is 0 Å². The van der Waals surface area contributed by atoms with Gasteiger partial charge in [0.25, 0.3) is 11.8 Å². The number of carbonyl (C=O) groups excluding carboxylic acids is 2. The third-order valence-electron chi connectivity index (χ3n) is 4.37. The molecular weight excluding hydrogens is 401 g/mol. The first kappa shape index (κ1) is 21.8. The molecule has 2 amide bonds. The normalized spacial score (nSPS) is 12.4. The largest absolute Gasteiger partial charge is 0.478 e. The van der Waals surface area contributed by atoms with Crippen molar-refractivity contribution < 1.29 is 23.5 Å². The smallest absolute Gasteiger partial charge is 0.279 e. The maximum absolute atomic E-state index is 13.6. The van der Waals surface area contributed by atoms with E-state index in [2.05, 4.69) is 15.8 Å². The van der Waals surface area contributed by atoms with Gasteiger partial charge < -0.3 is 9.47 Å². The quantitative estimate of drug-likeness (QED) is 0.567. The molecule has 7 nitrogen and oxygen atoms in total. The third kappa shape index (κ3) is 6.02. The summed E-state index contributed by atoms with van der Waals surface area (Å²) in [4.78, 5) is 28.5. The number of hydrogen-bond acceptors (Lipinski definition) is 5. The van der Waals surface area contributed by atoms with Crippen LogP contribution in [0.5, 0.6) is 11.6 Å². The van der Waals surface area contributed by atoms with Crippen molar-refractivity contribution in [1.29, 1.82) is 0 Å². The Kier molecular flexibility index (Phi) is 7.16. The molecule has 3 aromatic rings. The summed E-state index contributed by atoms with van der Waals surface area (Å²) >= 11 is 0. The number of halogens is 1. The van der Waals surface area contributed by atoms with E-state index in [0.717, 1.165) is 5.56 Å². The second-order valence-electron chi connectivity index (χ2n) is 6.69. The zero-order valence-electron chi connectivity index (χ0n) is 17.0. The number of hydrazine groups is 1. The van der Waals surface area contributed by atoms with Gasteiger partial charge in [0.2, 0.25) is 5.88 Å². The van der Waals surface area contributed by atoms with E-state index in [1.165, 1.54) is 37.4 Å². The Morgan fingerprint density at radius 3 is 2.29 bits per heavy atom. The molecule has 1 heterocycles. The average molecular weight is 423 g/mol. The molecule has 0 aliphatic heterocycles. The van der Waals surface area contributed by atoms with E-state index in [0.29, 0.717) is 5.88 Å². The third-order valence-corrected chi connectivity index (χ3v) is 4.37. The van der Waals surface area contributed by atoms with Crippen molar-refractivity contribution in [3.8, 4) is 11.6 Å². The highest BCUT2D eigenvalue weighted by molar-refractivity contribution is 5.95.